The predicted octanol–water partition coefficient (Wildman–Crippen LogP) is 7.42. The molecule has 1 aliphatic heterocycles. The lowest BCUT2D eigenvalue weighted by Crippen LogP contribution is -2.40. The number of carbonyl (C=O) groups excluding carboxylic acids is 1. The average Bonchev–Trinajstić information content (AvgIpc) is 2.81. The van der Waals surface area contributed by atoms with Crippen molar-refractivity contribution in [1.29, 1.82) is 0 Å². The number of rotatable bonds is 7. The molecular weight excluding hydrogens is 462 g/mol. The molecule has 0 aromatic heterocycles. The first-order valence-corrected chi connectivity index (χ1v) is 12.3. The summed E-state index contributed by atoms with van der Waals surface area (Å²) in [6.45, 7) is 10.5. The molecule has 0 spiro atoms. The number of esters is 1. The Morgan fingerprint density at radius 2 is 1.80 bits per heavy atom. The van der Waals surface area contributed by atoms with Crippen molar-refractivity contribution in [1.82, 2.24) is 0 Å². The Morgan fingerprint density at radius 3 is 2.51 bits per heavy atom. The first-order chi connectivity index (χ1) is 16.7. The molecule has 0 saturated carbocycles. The second-order valence-electron chi connectivity index (χ2n) is 9.50. The van der Waals surface area contributed by atoms with E-state index in [0.29, 0.717) is 29.7 Å². The van der Waals surface area contributed by atoms with Gasteiger partial charge < -0.3 is 19.5 Å². The third-order valence-electron chi connectivity index (χ3n) is 6.43. The van der Waals surface area contributed by atoms with Crippen molar-refractivity contribution in [2.75, 3.05) is 11.9 Å². The zero-order chi connectivity index (χ0) is 25.2. The quantitative estimate of drug-likeness (QED) is 0.347. The molecule has 1 aliphatic rings. The Labute approximate surface area is 212 Å². The van der Waals surface area contributed by atoms with Gasteiger partial charge in [0.2, 0.25) is 0 Å². The van der Waals surface area contributed by atoms with Crippen LogP contribution in [-0.4, -0.2) is 12.6 Å². The molecule has 0 radical (unpaired) electrons. The zero-order valence-corrected chi connectivity index (χ0v) is 21.6. The van der Waals surface area contributed by atoms with Crippen LogP contribution in [0.4, 0.5) is 5.69 Å². The highest BCUT2D eigenvalue weighted by molar-refractivity contribution is 6.31. The molecule has 5 nitrogen and oxygen atoms in total. The molecule has 3 aromatic rings. The number of halogens is 1. The van der Waals surface area contributed by atoms with Gasteiger partial charge in [0.25, 0.3) is 0 Å². The summed E-state index contributed by atoms with van der Waals surface area (Å²) in [6.07, 6.45) is -0.396. The molecule has 0 amide bonds. The number of hydrogen-bond acceptors (Lipinski definition) is 5. The highest BCUT2D eigenvalue weighted by atomic mass is 35.5. The minimum atomic E-state index is -0.435. The Balaban J connectivity index is 1.68. The van der Waals surface area contributed by atoms with Crippen LogP contribution in [0.25, 0.3) is 0 Å². The first kappa shape index (κ1) is 24.9. The Bertz CT molecular complexity index is 1220. The normalized spacial score (nSPS) is 18.2. The molecule has 1 heterocycles. The molecule has 4 rings (SSSR count). The van der Waals surface area contributed by atoms with Gasteiger partial charge in [-0.2, -0.15) is 0 Å². The average molecular weight is 494 g/mol. The molecule has 0 unspecified atom stereocenters. The van der Waals surface area contributed by atoms with E-state index in [0.717, 1.165) is 27.9 Å². The molecule has 184 valence electrons. The van der Waals surface area contributed by atoms with Gasteiger partial charge in [-0.1, -0.05) is 67.4 Å². The lowest BCUT2D eigenvalue weighted by Gasteiger charge is -2.46. The molecule has 0 bridgehead atoms. The first-order valence-electron chi connectivity index (χ1n) is 11.9. The van der Waals surface area contributed by atoms with Crippen LogP contribution in [0, 0.1) is 12.3 Å². The summed E-state index contributed by atoms with van der Waals surface area (Å²) >= 11 is 6.29. The van der Waals surface area contributed by atoms with E-state index in [-0.39, 0.29) is 12.0 Å². The maximum atomic E-state index is 12.0. The predicted molar refractivity (Wildman–Crippen MR) is 139 cm³/mol. The summed E-state index contributed by atoms with van der Waals surface area (Å²) in [4.78, 5) is 12.0. The third kappa shape index (κ3) is 5.25. The van der Waals surface area contributed by atoms with E-state index in [4.69, 9.17) is 25.8 Å². The highest BCUT2D eigenvalue weighted by Crippen LogP contribution is 2.54. The standard InChI is InChI=1S/C29H32ClNO4/c1-6-33-26-16-20(12-14-25(26)34-17-21-9-7-8-10-23(21)30)27-29(4,5)28(35-19(3)32)22-15-18(2)11-13-24(22)31-27/h7-16,27-28,31H,6,17H2,1-5H3/t27-,28-/m0/s1. The fourth-order valence-electron chi connectivity index (χ4n) is 4.68. The SMILES string of the molecule is CCOc1cc([C@@H]2Nc3ccc(C)cc3[C@H](OC(C)=O)C2(C)C)ccc1OCc1ccccc1Cl. The van der Waals surface area contributed by atoms with Crippen LogP contribution in [0.1, 0.15) is 62.1 Å². The number of benzene rings is 3. The lowest BCUT2D eigenvalue weighted by molar-refractivity contribution is -0.154. The van der Waals surface area contributed by atoms with Crippen molar-refractivity contribution >= 4 is 23.3 Å². The van der Waals surface area contributed by atoms with Crippen molar-refractivity contribution < 1.29 is 19.0 Å². The van der Waals surface area contributed by atoms with E-state index in [2.05, 4.69) is 31.3 Å². The van der Waals surface area contributed by atoms with Gasteiger partial charge in [0.15, 0.2) is 11.5 Å². The van der Waals surface area contributed by atoms with Gasteiger partial charge in [0.05, 0.1) is 12.6 Å². The Kier molecular flexibility index (Phi) is 7.27. The van der Waals surface area contributed by atoms with E-state index in [9.17, 15) is 4.79 Å². The number of aryl methyl sites for hydroxylation is 1. The molecule has 1 N–H and O–H groups in total. The van der Waals surface area contributed by atoms with Crippen LogP contribution in [0.15, 0.2) is 60.7 Å². The van der Waals surface area contributed by atoms with E-state index in [1.54, 1.807) is 0 Å². The van der Waals surface area contributed by atoms with Gasteiger partial charge in [-0.3, -0.25) is 4.79 Å². The van der Waals surface area contributed by atoms with Crippen LogP contribution < -0.4 is 14.8 Å². The lowest BCUT2D eigenvalue weighted by atomic mass is 9.70. The van der Waals surface area contributed by atoms with Crippen molar-refractivity contribution in [2.24, 2.45) is 5.41 Å². The minimum absolute atomic E-state index is 0.126. The number of fused-ring (bicyclic) bond motifs is 1. The van der Waals surface area contributed by atoms with Gasteiger partial charge in [0, 0.05) is 34.2 Å². The summed E-state index contributed by atoms with van der Waals surface area (Å²) in [5.41, 5.74) is 4.57. The van der Waals surface area contributed by atoms with Gasteiger partial charge >= 0.3 is 5.97 Å². The number of carbonyl (C=O) groups is 1. The largest absolute Gasteiger partial charge is 0.490 e. The summed E-state index contributed by atoms with van der Waals surface area (Å²) < 4.78 is 17.9. The smallest absolute Gasteiger partial charge is 0.303 e. The zero-order valence-electron chi connectivity index (χ0n) is 20.9. The molecular formula is C29H32ClNO4. The third-order valence-corrected chi connectivity index (χ3v) is 6.80. The summed E-state index contributed by atoms with van der Waals surface area (Å²) in [5, 5.41) is 4.35. The maximum absolute atomic E-state index is 12.0. The molecule has 2 atom stereocenters. The van der Waals surface area contributed by atoms with Gasteiger partial charge in [0.1, 0.15) is 12.7 Å². The number of ether oxygens (including phenoxy) is 3. The maximum Gasteiger partial charge on any atom is 0.303 e. The number of hydrogen-bond donors (Lipinski definition) is 1. The van der Waals surface area contributed by atoms with Crippen molar-refractivity contribution in [3.05, 3.63) is 87.9 Å². The van der Waals surface area contributed by atoms with E-state index >= 15 is 0 Å². The van der Waals surface area contributed by atoms with Gasteiger partial charge in [-0.25, -0.2) is 0 Å². The van der Waals surface area contributed by atoms with Crippen LogP contribution in [-0.2, 0) is 16.1 Å². The van der Waals surface area contributed by atoms with Crippen LogP contribution in [0.5, 0.6) is 11.5 Å². The topological polar surface area (TPSA) is 56.8 Å². The molecule has 0 saturated heterocycles. The fraction of sp³-hybridized carbons (Fsp3) is 0.345. The molecule has 6 heteroatoms. The second-order valence-corrected chi connectivity index (χ2v) is 9.91. The van der Waals surface area contributed by atoms with Crippen LogP contribution in [0.3, 0.4) is 0 Å². The number of anilines is 1. The molecule has 0 fully saturated rings. The molecule has 0 aliphatic carbocycles. The summed E-state index contributed by atoms with van der Waals surface area (Å²) in [5.74, 6) is 1.01. The van der Waals surface area contributed by atoms with E-state index in [1.165, 1.54) is 6.92 Å². The van der Waals surface area contributed by atoms with Crippen molar-refractivity contribution in [3.63, 3.8) is 0 Å². The van der Waals surface area contributed by atoms with Gasteiger partial charge in [-0.15, -0.1) is 0 Å². The van der Waals surface area contributed by atoms with E-state index < -0.39 is 11.5 Å². The molecule has 35 heavy (non-hydrogen) atoms. The van der Waals surface area contributed by atoms with Crippen molar-refractivity contribution in [2.45, 2.75) is 53.4 Å². The monoisotopic (exact) mass is 493 g/mol. The Hall–Kier alpha value is -3.18. The van der Waals surface area contributed by atoms with Crippen molar-refractivity contribution in [3.8, 4) is 11.5 Å². The van der Waals surface area contributed by atoms with Gasteiger partial charge in [-0.05, 0) is 43.7 Å². The number of nitrogens with one attached hydrogen (secondary N) is 1. The Morgan fingerprint density at radius 1 is 1.03 bits per heavy atom. The highest BCUT2D eigenvalue weighted by Gasteiger charge is 2.46. The molecule has 3 aromatic carbocycles. The van der Waals surface area contributed by atoms with Crippen LogP contribution >= 0.6 is 11.6 Å². The summed E-state index contributed by atoms with van der Waals surface area (Å²) in [7, 11) is 0. The second kappa shape index (κ2) is 10.2. The fourth-order valence-corrected chi connectivity index (χ4v) is 4.87. The van der Waals surface area contributed by atoms with Crippen LogP contribution in [0.2, 0.25) is 5.02 Å². The minimum Gasteiger partial charge on any atom is -0.490 e. The summed E-state index contributed by atoms with van der Waals surface area (Å²) in [6, 6.07) is 19.7. The van der Waals surface area contributed by atoms with E-state index in [1.807, 2.05) is 62.4 Å².